The van der Waals surface area contributed by atoms with Crippen molar-refractivity contribution >= 4 is 34.1 Å². The van der Waals surface area contributed by atoms with Crippen molar-refractivity contribution in [1.29, 1.82) is 0 Å². The average Bonchev–Trinajstić information content (AvgIpc) is 2.85. The van der Waals surface area contributed by atoms with Crippen molar-refractivity contribution in [3.8, 4) is 0 Å². The maximum Gasteiger partial charge on any atom is 0.255 e. The molecule has 4 nitrogen and oxygen atoms in total. The summed E-state index contributed by atoms with van der Waals surface area (Å²) in [6.45, 7) is 0. The quantitative estimate of drug-likeness (QED) is 0.701. The van der Waals surface area contributed by atoms with Crippen molar-refractivity contribution in [2.75, 3.05) is 5.32 Å². The van der Waals surface area contributed by atoms with Crippen LogP contribution in [0.3, 0.4) is 0 Å². The lowest BCUT2D eigenvalue weighted by molar-refractivity contribution is 0.102. The molecule has 0 radical (unpaired) electrons. The number of aromatic nitrogens is 2. The number of aromatic amines is 1. The molecule has 0 atom stereocenters. The Labute approximate surface area is 114 Å². The van der Waals surface area contributed by atoms with Gasteiger partial charge in [0.15, 0.2) is 0 Å². The number of H-pyrrole nitrogens is 1. The lowest BCUT2D eigenvalue weighted by atomic mass is 10.1. The first-order valence-corrected chi connectivity index (χ1v) is 6.10. The lowest BCUT2D eigenvalue weighted by Crippen LogP contribution is -2.11. The van der Waals surface area contributed by atoms with Gasteiger partial charge in [0.2, 0.25) is 0 Å². The highest BCUT2D eigenvalue weighted by Crippen LogP contribution is 2.17. The molecule has 0 spiro atoms. The third-order valence-corrected chi connectivity index (χ3v) is 3.01. The zero-order valence-electron chi connectivity index (χ0n) is 9.85. The first-order chi connectivity index (χ1) is 9.22. The SMILES string of the molecule is O=C(Nc1ccnc(Cl)c1)c1ccc2cc[nH]c2c1. The van der Waals surface area contributed by atoms with E-state index in [1.807, 2.05) is 24.4 Å². The van der Waals surface area contributed by atoms with E-state index in [4.69, 9.17) is 11.6 Å². The van der Waals surface area contributed by atoms with Crippen LogP contribution in [0.5, 0.6) is 0 Å². The molecule has 0 fully saturated rings. The fourth-order valence-corrected chi connectivity index (χ4v) is 2.05. The molecule has 0 saturated carbocycles. The third-order valence-electron chi connectivity index (χ3n) is 2.80. The number of benzene rings is 1. The van der Waals surface area contributed by atoms with Crippen molar-refractivity contribution in [1.82, 2.24) is 9.97 Å². The van der Waals surface area contributed by atoms with E-state index in [2.05, 4.69) is 15.3 Å². The van der Waals surface area contributed by atoms with Crippen LogP contribution >= 0.6 is 11.6 Å². The van der Waals surface area contributed by atoms with Crippen molar-refractivity contribution in [2.24, 2.45) is 0 Å². The van der Waals surface area contributed by atoms with E-state index in [9.17, 15) is 4.79 Å². The normalized spacial score (nSPS) is 10.6. The molecule has 94 valence electrons. The van der Waals surface area contributed by atoms with Gasteiger partial charge in [-0.2, -0.15) is 0 Å². The van der Waals surface area contributed by atoms with Gasteiger partial charge in [0.25, 0.3) is 5.91 Å². The summed E-state index contributed by atoms with van der Waals surface area (Å²) in [6.07, 6.45) is 3.39. The van der Waals surface area contributed by atoms with E-state index in [1.54, 1.807) is 24.4 Å². The second kappa shape index (κ2) is 4.74. The van der Waals surface area contributed by atoms with Gasteiger partial charge in [0, 0.05) is 29.2 Å². The van der Waals surface area contributed by atoms with E-state index in [-0.39, 0.29) is 5.91 Å². The van der Waals surface area contributed by atoms with Gasteiger partial charge < -0.3 is 10.3 Å². The number of hydrogen-bond acceptors (Lipinski definition) is 2. The minimum Gasteiger partial charge on any atom is -0.361 e. The van der Waals surface area contributed by atoms with Crippen LogP contribution < -0.4 is 5.32 Å². The van der Waals surface area contributed by atoms with Gasteiger partial charge in [-0.15, -0.1) is 0 Å². The Kier molecular flexibility index (Phi) is 2.93. The van der Waals surface area contributed by atoms with Crippen molar-refractivity contribution in [3.05, 3.63) is 59.5 Å². The van der Waals surface area contributed by atoms with Crippen LogP contribution in [0.4, 0.5) is 5.69 Å². The molecule has 3 rings (SSSR count). The first-order valence-electron chi connectivity index (χ1n) is 5.72. The minimum absolute atomic E-state index is 0.182. The van der Waals surface area contributed by atoms with Gasteiger partial charge in [-0.3, -0.25) is 4.79 Å². The summed E-state index contributed by atoms with van der Waals surface area (Å²) < 4.78 is 0. The molecule has 1 aromatic carbocycles. The van der Waals surface area contributed by atoms with Crippen LogP contribution in [0.15, 0.2) is 48.8 Å². The third kappa shape index (κ3) is 2.44. The van der Waals surface area contributed by atoms with E-state index in [0.717, 1.165) is 10.9 Å². The molecule has 3 aromatic rings. The highest BCUT2D eigenvalue weighted by molar-refractivity contribution is 6.29. The molecule has 0 aliphatic rings. The van der Waals surface area contributed by atoms with Crippen LogP contribution in [0.1, 0.15) is 10.4 Å². The number of pyridine rings is 1. The van der Waals surface area contributed by atoms with Crippen LogP contribution in [-0.2, 0) is 0 Å². The van der Waals surface area contributed by atoms with Crippen molar-refractivity contribution < 1.29 is 4.79 Å². The molecule has 0 aliphatic carbocycles. The lowest BCUT2D eigenvalue weighted by Gasteiger charge is -2.05. The maximum absolute atomic E-state index is 12.1. The number of nitrogens with zero attached hydrogens (tertiary/aromatic N) is 1. The summed E-state index contributed by atoms with van der Waals surface area (Å²) in [5.41, 5.74) is 2.14. The van der Waals surface area contributed by atoms with Crippen LogP contribution in [0.25, 0.3) is 10.9 Å². The summed E-state index contributed by atoms with van der Waals surface area (Å²) in [7, 11) is 0. The van der Waals surface area contributed by atoms with Gasteiger partial charge in [0.05, 0.1) is 0 Å². The number of nitrogens with one attached hydrogen (secondary N) is 2. The summed E-state index contributed by atoms with van der Waals surface area (Å²) in [6, 6.07) is 10.8. The largest absolute Gasteiger partial charge is 0.361 e. The number of amides is 1. The van der Waals surface area contributed by atoms with E-state index in [0.29, 0.717) is 16.4 Å². The summed E-state index contributed by atoms with van der Waals surface area (Å²) in [5.74, 6) is -0.182. The summed E-state index contributed by atoms with van der Waals surface area (Å²) >= 11 is 5.77. The maximum atomic E-state index is 12.1. The molecule has 1 amide bonds. The molecule has 2 N–H and O–H groups in total. The predicted octanol–water partition coefficient (Wildman–Crippen LogP) is 3.47. The Morgan fingerprint density at radius 1 is 1.21 bits per heavy atom. The fraction of sp³-hybridized carbons (Fsp3) is 0. The van der Waals surface area contributed by atoms with E-state index >= 15 is 0 Å². The molecule has 2 heterocycles. The molecule has 0 unspecified atom stereocenters. The highest BCUT2D eigenvalue weighted by Gasteiger charge is 2.07. The monoisotopic (exact) mass is 271 g/mol. The topological polar surface area (TPSA) is 57.8 Å². The Morgan fingerprint density at radius 3 is 2.95 bits per heavy atom. The number of hydrogen-bond donors (Lipinski definition) is 2. The van der Waals surface area contributed by atoms with Gasteiger partial charge in [-0.1, -0.05) is 17.7 Å². The first kappa shape index (κ1) is 11.7. The Balaban J connectivity index is 1.87. The minimum atomic E-state index is -0.182. The second-order valence-electron chi connectivity index (χ2n) is 4.10. The van der Waals surface area contributed by atoms with Gasteiger partial charge in [0.1, 0.15) is 5.15 Å². The number of fused-ring (bicyclic) bond motifs is 1. The smallest absolute Gasteiger partial charge is 0.255 e. The van der Waals surface area contributed by atoms with Crippen molar-refractivity contribution in [2.45, 2.75) is 0 Å². The number of halogens is 1. The second-order valence-corrected chi connectivity index (χ2v) is 4.49. The Hall–Kier alpha value is -2.33. The van der Waals surface area contributed by atoms with Crippen molar-refractivity contribution in [3.63, 3.8) is 0 Å². The standard InChI is InChI=1S/C14H10ClN3O/c15-13-8-11(4-6-17-13)18-14(19)10-2-1-9-3-5-16-12(9)7-10/h1-8,16H,(H,17,18,19). The molecule has 5 heteroatoms. The average molecular weight is 272 g/mol. The van der Waals surface area contributed by atoms with Crippen LogP contribution in [0, 0.1) is 0 Å². The number of carbonyl (C=O) groups is 1. The summed E-state index contributed by atoms with van der Waals surface area (Å²) in [4.78, 5) is 19.0. The molecule has 0 saturated heterocycles. The highest BCUT2D eigenvalue weighted by atomic mass is 35.5. The molecule has 2 aromatic heterocycles. The number of rotatable bonds is 2. The zero-order valence-corrected chi connectivity index (χ0v) is 10.6. The van der Waals surface area contributed by atoms with E-state index < -0.39 is 0 Å². The summed E-state index contributed by atoms with van der Waals surface area (Å²) in [5, 5.41) is 4.20. The Morgan fingerprint density at radius 2 is 2.11 bits per heavy atom. The number of carbonyl (C=O) groups excluding carboxylic acids is 1. The van der Waals surface area contributed by atoms with Gasteiger partial charge in [-0.05, 0) is 35.7 Å². The zero-order chi connectivity index (χ0) is 13.2. The van der Waals surface area contributed by atoms with E-state index in [1.165, 1.54) is 0 Å². The molecule has 0 aliphatic heterocycles. The molecule has 19 heavy (non-hydrogen) atoms. The van der Waals surface area contributed by atoms with Gasteiger partial charge >= 0.3 is 0 Å². The molecular weight excluding hydrogens is 262 g/mol. The Bertz CT molecular complexity index is 751. The predicted molar refractivity (Wildman–Crippen MR) is 75.5 cm³/mol. The van der Waals surface area contributed by atoms with Crippen LogP contribution in [0.2, 0.25) is 5.15 Å². The molecule has 0 bridgehead atoms. The van der Waals surface area contributed by atoms with Crippen LogP contribution in [-0.4, -0.2) is 15.9 Å². The number of anilines is 1. The van der Waals surface area contributed by atoms with Gasteiger partial charge in [-0.25, -0.2) is 4.98 Å². The fourth-order valence-electron chi connectivity index (χ4n) is 1.87. The molecular formula is C14H10ClN3O.